The first-order chi connectivity index (χ1) is 15.9. The maximum Gasteiger partial charge on any atom is 0.217 e. The van der Waals surface area contributed by atoms with Crippen molar-refractivity contribution in [2.75, 3.05) is 28.4 Å². The average Bonchev–Trinajstić information content (AvgIpc) is 2.81. The van der Waals surface area contributed by atoms with E-state index < -0.39 is 0 Å². The van der Waals surface area contributed by atoms with Gasteiger partial charge in [-0.3, -0.25) is 9.59 Å². The lowest BCUT2D eigenvalue weighted by Crippen LogP contribution is -2.38. The molecular formula is C26H29NO6. The van der Waals surface area contributed by atoms with Gasteiger partial charge in [-0.25, -0.2) is 0 Å². The van der Waals surface area contributed by atoms with Crippen LogP contribution in [0.5, 0.6) is 23.0 Å². The number of ketones is 1. The van der Waals surface area contributed by atoms with Gasteiger partial charge < -0.3 is 24.3 Å². The number of hydrogen-bond donors (Lipinski definition) is 1. The molecule has 0 spiro atoms. The fourth-order valence-electron chi connectivity index (χ4n) is 3.92. The van der Waals surface area contributed by atoms with Gasteiger partial charge in [0.05, 0.1) is 28.4 Å². The van der Waals surface area contributed by atoms with Crippen molar-refractivity contribution in [3.63, 3.8) is 0 Å². The Morgan fingerprint density at radius 2 is 1.21 bits per heavy atom. The van der Waals surface area contributed by atoms with Crippen LogP contribution in [-0.2, 0) is 9.59 Å². The molecule has 7 nitrogen and oxygen atoms in total. The van der Waals surface area contributed by atoms with E-state index in [0.29, 0.717) is 47.0 Å². The third-order valence-corrected chi connectivity index (χ3v) is 5.42. The molecule has 7 heteroatoms. The van der Waals surface area contributed by atoms with E-state index in [-0.39, 0.29) is 17.7 Å². The number of benzene rings is 2. The normalized spacial score (nSPS) is 18.2. The van der Waals surface area contributed by atoms with Gasteiger partial charge in [-0.2, -0.15) is 0 Å². The number of hydrogen-bond acceptors (Lipinski definition) is 6. The van der Waals surface area contributed by atoms with Crippen molar-refractivity contribution in [2.24, 2.45) is 0 Å². The molecule has 174 valence electrons. The number of ether oxygens (including phenoxy) is 4. The maximum atomic E-state index is 13.4. The Hall–Kier alpha value is -3.74. The largest absolute Gasteiger partial charge is 0.493 e. The summed E-state index contributed by atoms with van der Waals surface area (Å²) in [6.45, 7) is 1.48. The van der Waals surface area contributed by atoms with Gasteiger partial charge in [-0.1, -0.05) is 12.1 Å². The highest BCUT2D eigenvalue weighted by atomic mass is 16.5. The molecule has 0 bridgehead atoms. The molecule has 2 aromatic carbocycles. The molecular weight excluding hydrogens is 422 g/mol. The van der Waals surface area contributed by atoms with Crippen molar-refractivity contribution in [3.05, 3.63) is 58.7 Å². The minimum absolute atomic E-state index is 0.0545. The first-order valence-electron chi connectivity index (χ1n) is 10.6. The van der Waals surface area contributed by atoms with E-state index in [0.717, 1.165) is 11.1 Å². The van der Waals surface area contributed by atoms with Crippen molar-refractivity contribution in [3.8, 4) is 23.0 Å². The predicted molar refractivity (Wildman–Crippen MR) is 127 cm³/mol. The summed E-state index contributed by atoms with van der Waals surface area (Å²) < 4.78 is 21.3. The minimum Gasteiger partial charge on any atom is -0.493 e. The molecule has 1 N–H and O–H groups in total. The smallest absolute Gasteiger partial charge is 0.217 e. The minimum atomic E-state index is -0.182. The second kappa shape index (κ2) is 10.7. The summed E-state index contributed by atoms with van der Waals surface area (Å²) in [7, 11) is 6.28. The number of methoxy groups -OCH3 is 4. The van der Waals surface area contributed by atoms with Gasteiger partial charge >= 0.3 is 0 Å². The summed E-state index contributed by atoms with van der Waals surface area (Å²) in [5, 5.41) is 2.95. The molecule has 0 radical (unpaired) electrons. The fourth-order valence-corrected chi connectivity index (χ4v) is 3.92. The third-order valence-electron chi connectivity index (χ3n) is 5.42. The first kappa shape index (κ1) is 23.9. The van der Waals surface area contributed by atoms with E-state index in [1.54, 1.807) is 40.6 Å². The van der Waals surface area contributed by atoms with Crippen molar-refractivity contribution in [1.29, 1.82) is 0 Å². The van der Waals surface area contributed by atoms with E-state index in [1.807, 2.05) is 36.4 Å². The Morgan fingerprint density at radius 1 is 0.788 bits per heavy atom. The van der Waals surface area contributed by atoms with E-state index in [4.69, 9.17) is 18.9 Å². The van der Waals surface area contributed by atoms with E-state index in [1.165, 1.54) is 6.92 Å². The molecule has 0 aliphatic heterocycles. The van der Waals surface area contributed by atoms with Gasteiger partial charge in [0.2, 0.25) is 5.91 Å². The topological polar surface area (TPSA) is 83.1 Å². The Kier molecular flexibility index (Phi) is 7.77. The summed E-state index contributed by atoms with van der Waals surface area (Å²) in [4.78, 5) is 25.1. The standard InChI is InChI=1S/C26H29NO6/c1-16(28)27-21-14-19(10-17-6-8-22(30-2)24(12-17)32-4)26(29)20(15-21)11-18-7-9-23(31-3)25(13-18)33-5/h6-13,21H,14-15H2,1-5H3,(H,27,28). The van der Waals surface area contributed by atoms with Crippen molar-refractivity contribution < 1.29 is 28.5 Å². The van der Waals surface area contributed by atoms with Crippen molar-refractivity contribution >= 4 is 23.8 Å². The highest BCUT2D eigenvalue weighted by Crippen LogP contribution is 2.33. The van der Waals surface area contributed by atoms with Gasteiger partial charge in [0.25, 0.3) is 0 Å². The molecule has 2 aromatic rings. The van der Waals surface area contributed by atoms with Crippen LogP contribution in [-0.4, -0.2) is 46.2 Å². The first-order valence-corrected chi connectivity index (χ1v) is 10.6. The van der Waals surface area contributed by atoms with E-state index in [2.05, 4.69) is 5.32 Å². The lowest BCUT2D eigenvalue weighted by atomic mass is 9.83. The summed E-state index contributed by atoms with van der Waals surface area (Å²) in [6.07, 6.45) is 4.55. The number of carbonyl (C=O) groups excluding carboxylic acids is 2. The molecule has 1 saturated carbocycles. The SMILES string of the molecule is COc1ccc(C=C2CC(NC(C)=O)CC(=Cc3ccc(OC)c(OC)c3)C2=O)cc1OC. The second-order valence-electron chi connectivity index (χ2n) is 7.70. The van der Waals surface area contributed by atoms with Crippen LogP contribution in [0.2, 0.25) is 0 Å². The van der Waals surface area contributed by atoms with Crippen LogP contribution in [0.4, 0.5) is 0 Å². The Bertz CT molecular complexity index is 1020. The lowest BCUT2D eigenvalue weighted by Gasteiger charge is -2.26. The molecule has 0 aromatic heterocycles. The van der Waals surface area contributed by atoms with Crippen molar-refractivity contribution in [1.82, 2.24) is 5.32 Å². The van der Waals surface area contributed by atoms with Crippen LogP contribution in [0.15, 0.2) is 47.5 Å². The van der Waals surface area contributed by atoms with Crippen LogP contribution in [0.3, 0.4) is 0 Å². The van der Waals surface area contributed by atoms with Gasteiger partial charge in [0.1, 0.15) is 0 Å². The molecule has 1 amide bonds. The zero-order valence-electron chi connectivity index (χ0n) is 19.6. The summed E-state index contributed by atoms with van der Waals surface area (Å²) in [5.74, 6) is 2.19. The molecule has 0 unspecified atom stereocenters. The highest BCUT2D eigenvalue weighted by Gasteiger charge is 2.28. The zero-order valence-corrected chi connectivity index (χ0v) is 19.6. The number of carbonyl (C=O) groups is 2. The van der Waals surface area contributed by atoms with Gasteiger partial charge in [0.15, 0.2) is 28.8 Å². The number of nitrogens with one attached hydrogen (secondary N) is 1. The number of amides is 1. The summed E-state index contributed by atoms with van der Waals surface area (Å²) in [5.41, 5.74) is 2.84. The molecule has 1 aliphatic carbocycles. The van der Waals surface area contributed by atoms with Gasteiger partial charge in [-0.15, -0.1) is 0 Å². The van der Waals surface area contributed by atoms with Crippen LogP contribution >= 0.6 is 0 Å². The van der Waals surface area contributed by atoms with Crippen LogP contribution in [0.1, 0.15) is 30.9 Å². The molecule has 0 saturated heterocycles. The summed E-state index contributed by atoms with van der Waals surface area (Å²) in [6, 6.07) is 10.8. The fraction of sp³-hybridized carbons (Fsp3) is 0.308. The van der Waals surface area contributed by atoms with Gasteiger partial charge in [-0.05, 0) is 60.4 Å². The number of rotatable bonds is 7. The predicted octanol–water partition coefficient (Wildman–Crippen LogP) is 4.06. The molecule has 3 rings (SSSR count). The monoisotopic (exact) mass is 451 g/mol. The molecule has 1 fully saturated rings. The van der Waals surface area contributed by atoms with Gasteiger partial charge in [0, 0.05) is 24.1 Å². The summed E-state index contributed by atoms with van der Waals surface area (Å²) >= 11 is 0. The van der Waals surface area contributed by atoms with Crippen LogP contribution in [0.25, 0.3) is 12.2 Å². The lowest BCUT2D eigenvalue weighted by molar-refractivity contribution is -0.120. The maximum absolute atomic E-state index is 13.4. The quantitative estimate of drug-likeness (QED) is 0.640. The number of Topliss-reactive ketones (excluding diaryl/α,β-unsaturated/α-hetero) is 1. The molecule has 1 aliphatic rings. The molecule has 33 heavy (non-hydrogen) atoms. The van der Waals surface area contributed by atoms with Crippen LogP contribution in [0, 0.1) is 0 Å². The Labute approximate surface area is 194 Å². The average molecular weight is 452 g/mol. The zero-order chi connectivity index (χ0) is 24.0. The second-order valence-corrected chi connectivity index (χ2v) is 7.70. The van der Waals surface area contributed by atoms with Crippen LogP contribution < -0.4 is 24.3 Å². The Balaban J connectivity index is 2.00. The molecule has 0 heterocycles. The highest BCUT2D eigenvalue weighted by molar-refractivity contribution is 6.14. The third kappa shape index (κ3) is 5.74. The molecule has 0 atom stereocenters. The Morgan fingerprint density at radius 3 is 1.58 bits per heavy atom. The van der Waals surface area contributed by atoms with E-state index in [9.17, 15) is 9.59 Å². The van der Waals surface area contributed by atoms with Crippen molar-refractivity contribution in [2.45, 2.75) is 25.8 Å². The van der Waals surface area contributed by atoms with E-state index >= 15 is 0 Å².